The standard InChI is InChI=1S/C13H16FN3O/c1-9(15-2)6-13-16-12(17-18-13)8-10-4-3-5-11(14)7-10/h3-5,7,9,15H,6,8H2,1-2H3. The van der Waals surface area contributed by atoms with Crippen LogP contribution in [0.4, 0.5) is 4.39 Å². The van der Waals surface area contributed by atoms with Crippen LogP contribution in [0, 0.1) is 5.82 Å². The molecule has 0 aliphatic carbocycles. The van der Waals surface area contributed by atoms with Crippen molar-refractivity contribution in [3.63, 3.8) is 0 Å². The van der Waals surface area contributed by atoms with Crippen molar-refractivity contribution >= 4 is 0 Å². The molecule has 1 heterocycles. The van der Waals surface area contributed by atoms with Gasteiger partial charge in [-0.1, -0.05) is 17.3 Å². The van der Waals surface area contributed by atoms with Gasteiger partial charge in [0.05, 0.1) is 0 Å². The Morgan fingerprint density at radius 1 is 1.44 bits per heavy atom. The first-order valence-electron chi connectivity index (χ1n) is 5.90. The van der Waals surface area contributed by atoms with E-state index in [2.05, 4.69) is 15.5 Å². The third-order valence-corrected chi connectivity index (χ3v) is 2.74. The average molecular weight is 249 g/mol. The minimum absolute atomic E-state index is 0.250. The minimum atomic E-state index is -0.250. The van der Waals surface area contributed by atoms with Crippen LogP contribution in [0.2, 0.25) is 0 Å². The Balaban J connectivity index is 2.02. The maximum Gasteiger partial charge on any atom is 0.228 e. The van der Waals surface area contributed by atoms with Gasteiger partial charge in [0, 0.05) is 18.9 Å². The average Bonchev–Trinajstić information content (AvgIpc) is 2.76. The van der Waals surface area contributed by atoms with Gasteiger partial charge >= 0.3 is 0 Å². The van der Waals surface area contributed by atoms with Crippen LogP contribution in [0.1, 0.15) is 24.2 Å². The number of likely N-dealkylation sites (N-methyl/N-ethyl adjacent to an activating group) is 1. The smallest absolute Gasteiger partial charge is 0.228 e. The zero-order chi connectivity index (χ0) is 13.0. The van der Waals surface area contributed by atoms with Gasteiger partial charge in [-0.15, -0.1) is 0 Å². The molecule has 18 heavy (non-hydrogen) atoms. The van der Waals surface area contributed by atoms with E-state index in [4.69, 9.17) is 4.52 Å². The number of halogens is 1. The van der Waals surface area contributed by atoms with Crippen molar-refractivity contribution in [2.24, 2.45) is 0 Å². The van der Waals surface area contributed by atoms with E-state index in [0.29, 0.717) is 24.6 Å². The second-order valence-corrected chi connectivity index (χ2v) is 4.30. The molecule has 1 aromatic carbocycles. The maximum atomic E-state index is 13.0. The molecule has 2 rings (SSSR count). The highest BCUT2D eigenvalue weighted by atomic mass is 19.1. The van der Waals surface area contributed by atoms with Crippen LogP contribution in [0.15, 0.2) is 28.8 Å². The van der Waals surface area contributed by atoms with E-state index in [-0.39, 0.29) is 11.9 Å². The molecule has 0 spiro atoms. The summed E-state index contributed by atoms with van der Waals surface area (Å²) in [5.41, 5.74) is 0.837. The monoisotopic (exact) mass is 249 g/mol. The third kappa shape index (κ3) is 3.37. The van der Waals surface area contributed by atoms with Crippen LogP contribution in [0.5, 0.6) is 0 Å². The second kappa shape index (κ2) is 5.73. The number of aromatic nitrogens is 2. The molecule has 1 N–H and O–H groups in total. The van der Waals surface area contributed by atoms with Crippen LogP contribution in [-0.2, 0) is 12.8 Å². The Morgan fingerprint density at radius 2 is 2.28 bits per heavy atom. The second-order valence-electron chi connectivity index (χ2n) is 4.30. The van der Waals surface area contributed by atoms with Gasteiger partial charge in [0.1, 0.15) is 5.82 Å². The van der Waals surface area contributed by atoms with E-state index in [1.54, 1.807) is 6.07 Å². The highest BCUT2D eigenvalue weighted by Gasteiger charge is 2.10. The van der Waals surface area contributed by atoms with Gasteiger partial charge in [0.2, 0.25) is 5.89 Å². The van der Waals surface area contributed by atoms with Crippen molar-refractivity contribution in [2.45, 2.75) is 25.8 Å². The third-order valence-electron chi connectivity index (χ3n) is 2.74. The lowest BCUT2D eigenvalue weighted by molar-refractivity contribution is 0.361. The summed E-state index contributed by atoms with van der Waals surface area (Å²) >= 11 is 0. The van der Waals surface area contributed by atoms with Gasteiger partial charge in [-0.2, -0.15) is 4.98 Å². The fourth-order valence-electron chi connectivity index (χ4n) is 1.64. The Kier molecular flexibility index (Phi) is 4.04. The van der Waals surface area contributed by atoms with Crippen LogP contribution in [-0.4, -0.2) is 23.2 Å². The lowest BCUT2D eigenvalue weighted by Crippen LogP contribution is -2.23. The minimum Gasteiger partial charge on any atom is -0.339 e. The maximum absolute atomic E-state index is 13.0. The van der Waals surface area contributed by atoms with Crippen molar-refractivity contribution in [1.29, 1.82) is 0 Å². The zero-order valence-electron chi connectivity index (χ0n) is 10.5. The topological polar surface area (TPSA) is 51.0 Å². The van der Waals surface area contributed by atoms with Gasteiger partial charge in [0.25, 0.3) is 0 Å². The Bertz CT molecular complexity index is 512. The van der Waals surface area contributed by atoms with E-state index >= 15 is 0 Å². The number of hydrogen-bond donors (Lipinski definition) is 1. The molecule has 96 valence electrons. The molecule has 5 heteroatoms. The van der Waals surface area contributed by atoms with E-state index in [9.17, 15) is 4.39 Å². The molecule has 0 aliphatic heterocycles. The molecule has 4 nitrogen and oxygen atoms in total. The summed E-state index contributed by atoms with van der Waals surface area (Å²) in [6.07, 6.45) is 1.17. The lowest BCUT2D eigenvalue weighted by atomic mass is 10.1. The fourth-order valence-corrected chi connectivity index (χ4v) is 1.64. The first-order valence-corrected chi connectivity index (χ1v) is 5.90. The van der Waals surface area contributed by atoms with E-state index in [1.807, 2.05) is 20.0 Å². The summed E-state index contributed by atoms with van der Waals surface area (Å²) in [6, 6.07) is 6.70. The Hall–Kier alpha value is -1.75. The quantitative estimate of drug-likeness (QED) is 0.880. The van der Waals surface area contributed by atoms with Crippen molar-refractivity contribution in [3.8, 4) is 0 Å². The summed E-state index contributed by atoms with van der Waals surface area (Å²) in [5, 5.41) is 6.99. The molecule has 1 atom stereocenters. The molecular formula is C13H16FN3O. The largest absolute Gasteiger partial charge is 0.339 e. The number of rotatable bonds is 5. The van der Waals surface area contributed by atoms with Gasteiger partial charge < -0.3 is 9.84 Å². The summed E-state index contributed by atoms with van der Waals surface area (Å²) in [4.78, 5) is 4.28. The lowest BCUT2D eigenvalue weighted by Gasteiger charge is -2.04. The van der Waals surface area contributed by atoms with Gasteiger partial charge in [-0.05, 0) is 31.7 Å². The number of nitrogens with one attached hydrogen (secondary N) is 1. The molecule has 0 fully saturated rings. The predicted molar refractivity (Wildman–Crippen MR) is 65.7 cm³/mol. The van der Waals surface area contributed by atoms with E-state index < -0.39 is 0 Å². The number of nitrogens with zero attached hydrogens (tertiary/aromatic N) is 2. The molecule has 0 radical (unpaired) electrons. The molecule has 0 bridgehead atoms. The predicted octanol–water partition coefficient (Wildman–Crippen LogP) is 1.95. The Labute approximate surface area is 105 Å². The molecule has 0 saturated carbocycles. The molecule has 2 aromatic rings. The van der Waals surface area contributed by atoms with Crippen LogP contribution in [0.3, 0.4) is 0 Å². The number of benzene rings is 1. The van der Waals surface area contributed by atoms with Crippen molar-refractivity contribution in [2.75, 3.05) is 7.05 Å². The van der Waals surface area contributed by atoms with Crippen molar-refractivity contribution in [1.82, 2.24) is 15.5 Å². The normalized spacial score (nSPS) is 12.6. The molecular weight excluding hydrogens is 233 g/mol. The Morgan fingerprint density at radius 3 is 3.00 bits per heavy atom. The van der Waals surface area contributed by atoms with Gasteiger partial charge in [-0.25, -0.2) is 4.39 Å². The molecule has 0 amide bonds. The first-order chi connectivity index (χ1) is 8.67. The van der Waals surface area contributed by atoms with Crippen LogP contribution in [0.25, 0.3) is 0 Å². The summed E-state index contributed by atoms with van der Waals surface area (Å²) in [7, 11) is 1.88. The summed E-state index contributed by atoms with van der Waals surface area (Å²) in [6.45, 7) is 2.04. The zero-order valence-corrected chi connectivity index (χ0v) is 10.5. The highest BCUT2D eigenvalue weighted by Crippen LogP contribution is 2.09. The van der Waals surface area contributed by atoms with Crippen molar-refractivity contribution in [3.05, 3.63) is 47.4 Å². The summed E-state index contributed by atoms with van der Waals surface area (Å²) < 4.78 is 18.2. The van der Waals surface area contributed by atoms with Gasteiger partial charge in [0.15, 0.2) is 5.82 Å². The van der Waals surface area contributed by atoms with E-state index in [0.717, 1.165) is 5.56 Å². The molecule has 1 aromatic heterocycles. The van der Waals surface area contributed by atoms with Crippen LogP contribution >= 0.6 is 0 Å². The van der Waals surface area contributed by atoms with Crippen molar-refractivity contribution < 1.29 is 8.91 Å². The summed E-state index contributed by atoms with van der Waals surface area (Å²) in [5.74, 6) is 0.933. The SMILES string of the molecule is CNC(C)Cc1nc(Cc2cccc(F)c2)no1. The fraction of sp³-hybridized carbons (Fsp3) is 0.385. The van der Waals surface area contributed by atoms with Crippen LogP contribution < -0.4 is 5.32 Å². The van der Waals surface area contributed by atoms with E-state index in [1.165, 1.54) is 12.1 Å². The number of hydrogen-bond acceptors (Lipinski definition) is 4. The highest BCUT2D eigenvalue weighted by molar-refractivity contribution is 5.19. The molecule has 0 aliphatic rings. The molecule has 0 saturated heterocycles. The van der Waals surface area contributed by atoms with Gasteiger partial charge in [-0.3, -0.25) is 0 Å². The first kappa shape index (κ1) is 12.7. The molecule has 1 unspecified atom stereocenters.